The zero-order valence-electron chi connectivity index (χ0n) is 10.5. The molecule has 0 heterocycles. The largest absolute Gasteiger partial charge is 0.0839 e. The Kier molecular flexibility index (Phi) is 3.30. The van der Waals surface area contributed by atoms with Gasteiger partial charge < -0.3 is 0 Å². The van der Waals surface area contributed by atoms with Gasteiger partial charge in [-0.3, -0.25) is 0 Å². The maximum absolute atomic E-state index is 3.89. The van der Waals surface area contributed by atoms with E-state index in [0.717, 1.165) is 17.8 Å². The van der Waals surface area contributed by atoms with Crippen molar-refractivity contribution >= 4 is 15.9 Å². The third-order valence-electron chi connectivity index (χ3n) is 4.83. The van der Waals surface area contributed by atoms with Crippen LogP contribution in [-0.4, -0.2) is 0 Å². The van der Waals surface area contributed by atoms with Gasteiger partial charge in [0.2, 0.25) is 0 Å². The van der Waals surface area contributed by atoms with Gasteiger partial charge in [0, 0.05) is 4.83 Å². The van der Waals surface area contributed by atoms with Crippen LogP contribution in [0.1, 0.15) is 48.1 Å². The first-order chi connectivity index (χ1) is 8.22. The molecule has 1 aromatic carbocycles. The Labute approximate surface area is 113 Å². The predicted molar refractivity (Wildman–Crippen MR) is 76.4 cm³/mol. The molecule has 0 aromatic heterocycles. The quantitative estimate of drug-likeness (QED) is 0.667. The molecule has 2 aliphatic carbocycles. The molecule has 0 aliphatic heterocycles. The van der Waals surface area contributed by atoms with Crippen molar-refractivity contribution in [3.8, 4) is 0 Å². The van der Waals surface area contributed by atoms with Gasteiger partial charge in [-0.05, 0) is 55.9 Å². The lowest BCUT2D eigenvalue weighted by Crippen LogP contribution is -2.12. The summed E-state index contributed by atoms with van der Waals surface area (Å²) >= 11 is 3.89. The van der Waals surface area contributed by atoms with E-state index < -0.39 is 0 Å². The molecule has 1 aromatic rings. The van der Waals surface area contributed by atoms with Gasteiger partial charge in [0.25, 0.3) is 0 Å². The summed E-state index contributed by atoms with van der Waals surface area (Å²) in [6, 6.07) is 9.01. The minimum Gasteiger partial charge on any atom is -0.0839 e. The van der Waals surface area contributed by atoms with Crippen LogP contribution in [0.5, 0.6) is 0 Å². The fourth-order valence-corrected chi connectivity index (χ4v) is 4.63. The van der Waals surface area contributed by atoms with Gasteiger partial charge in [-0.15, -0.1) is 0 Å². The van der Waals surface area contributed by atoms with Gasteiger partial charge in [-0.1, -0.05) is 52.2 Å². The van der Waals surface area contributed by atoms with Crippen LogP contribution in [0, 0.1) is 24.7 Å². The number of aryl methyl sites for hydroxylation is 1. The first-order valence-electron chi connectivity index (χ1n) is 6.93. The lowest BCUT2D eigenvalue weighted by atomic mass is 9.84. The summed E-state index contributed by atoms with van der Waals surface area (Å²) < 4.78 is 0. The smallest absolute Gasteiger partial charge is 0.0398 e. The Balaban J connectivity index is 1.63. The van der Waals surface area contributed by atoms with E-state index in [-0.39, 0.29) is 0 Å². The summed E-state index contributed by atoms with van der Waals surface area (Å²) in [5, 5.41) is 0. The molecule has 92 valence electrons. The van der Waals surface area contributed by atoms with Crippen molar-refractivity contribution in [1.29, 1.82) is 0 Å². The van der Waals surface area contributed by atoms with E-state index in [2.05, 4.69) is 47.1 Å². The molecule has 17 heavy (non-hydrogen) atoms. The van der Waals surface area contributed by atoms with Crippen LogP contribution in [-0.2, 0) is 0 Å². The Hall–Kier alpha value is -0.300. The summed E-state index contributed by atoms with van der Waals surface area (Å²) in [5.74, 6) is 3.10. The average Bonchev–Trinajstić information content (AvgIpc) is 2.91. The van der Waals surface area contributed by atoms with Crippen molar-refractivity contribution in [3.63, 3.8) is 0 Å². The highest BCUT2D eigenvalue weighted by Crippen LogP contribution is 2.51. The zero-order chi connectivity index (χ0) is 11.8. The molecule has 4 unspecified atom stereocenters. The molecule has 3 rings (SSSR count). The van der Waals surface area contributed by atoms with Crippen LogP contribution in [0.15, 0.2) is 24.3 Å². The minimum absolute atomic E-state index is 0.562. The average molecular weight is 293 g/mol. The fourth-order valence-electron chi connectivity index (χ4n) is 3.84. The summed E-state index contributed by atoms with van der Waals surface area (Å²) in [7, 11) is 0. The molecule has 4 atom stereocenters. The van der Waals surface area contributed by atoms with Crippen molar-refractivity contribution in [2.75, 3.05) is 0 Å². The molecule has 0 nitrogen and oxygen atoms in total. The Morgan fingerprint density at radius 1 is 1.18 bits per heavy atom. The van der Waals surface area contributed by atoms with Crippen molar-refractivity contribution in [3.05, 3.63) is 35.4 Å². The Morgan fingerprint density at radius 3 is 2.53 bits per heavy atom. The highest BCUT2D eigenvalue weighted by molar-refractivity contribution is 9.09. The second-order valence-corrected chi connectivity index (χ2v) is 7.15. The minimum atomic E-state index is 0.562. The lowest BCUT2D eigenvalue weighted by molar-refractivity contribution is 0.314. The standard InChI is InChI=1S/C16H21Br/c1-11-2-5-13(6-3-11)16(17)10-15-9-12-4-7-14(15)8-12/h2-3,5-6,12,14-16H,4,7-10H2,1H3. The van der Waals surface area contributed by atoms with Crippen LogP contribution in [0.3, 0.4) is 0 Å². The van der Waals surface area contributed by atoms with Gasteiger partial charge >= 0.3 is 0 Å². The molecule has 0 saturated heterocycles. The highest BCUT2D eigenvalue weighted by atomic mass is 79.9. The van der Waals surface area contributed by atoms with Crippen LogP contribution < -0.4 is 0 Å². The van der Waals surface area contributed by atoms with Gasteiger partial charge in [-0.2, -0.15) is 0 Å². The van der Waals surface area contributed by atoms with E-state index in [1.165, 1.54) is 43.2 Å². The predicted octanol–water partition coefficient (Wildman–Crippen LogP) is 5.26. The molecule has 2 aliphatic rings. The number of halogens is 1. The lowest BCUT2D eigenvalue weighted by Gasteiger charge is -2.24. The van der Waals surface area contributed by atoms with Crippen LogP contribution in [0.4, 0.5) is 0 Å². The molecule has 0 radical (unpaired) electrons. The van der Waals surface area contributed by atoms with Gasteiger partial charge in [0.15, 0.2) is 0 Å². The summed E-state index contributed by atoms with van der Waals surface area (Å²) in [6.07, 6.45) is 7.38. The Bertz CT molecular complexity index is 381. The van der Waals surface area contributed by atoms with Crippen LogP contribution in [0.25, 0.3) is 0 Å². The van der Waals surface area contributed by atoms with Crippen LogP contribution >= 0.6 is 15.9 Å². The fraction of sp³-hybridized carbons (Fsp3) is 0.625. The SMILES string of the molecule is Cc1ccc(C(Br)CC2CC3CCC2C3)cc1. The zero-order valence-corrected chi connectivity index (χ0v) is 12.1. The molecule has 0 amide bonds. The second kappa shape index (κ2) is 4.76. The second-order valence-electron chi connectivity index (χ2n) is 6.05. The maximum Gasteiger partial charge on any atom is 0.0398 e. The first-order valence-corrected chi connectivity index (χ1v) is 7.84. The van der Waals surface area contributed by atoms with Gasteiger partial charge in [0.05, 0.1) is 0 Å². The van der Waals surface area contributed by atoms with Gasteiger partial charge in [-0.25, -0.2) is 0 Å². The normalized spacial score (nSPS) is 32.9. The molecular formula is C16H21Br. The maximum atomic E-state index is 3.89. The summed E-state index contributed by atoms with van der Waals surface area (Å²) in [6.45, 7) is 2.16. The van der Waals surface area contributed by atoms with Crippen molar-refractivity contribution < 1.29 is 0 Å². The Morgan fingerprint density at radius 2 is 1.94 bits per heavy atom. The monoisotopic (exact) mass is 292 g/mol. The summed E-state index contributed by atoms with van der Waals surface area (Å²) in [4.78, 5) is 0.562. The molecular weight excluding hydrogens is 272 g/mol. The number of benzene rings is 1. The van der Waals surface area contributed by atoms with E-state index in [9.17, 15) is 0 Å². The topological polar surface area (TPSA) is 0 Å². The highest BCUT2D eigenvalue weighted by Gasteiger charge is 2.39. The van der Waals surface area contributed by atoms with E-state index in [4.69, 9.17) is 0 Å². The number of hydrogen-bond acceptors (Lipinski definition) is 0. The first kappa shape index (κ1) is 11.8. The summed E-state index contributed by atoms with van der Waals surface area (Å²) in [5.41, 5.74) is 2.81. The number of fused-ring (bicyclic) bond motifs is 2. The van der Waals surface area contributed by atoms with E-state index in [1.807, 2.05) is 0 Å². The molecule has 0 spiro atoms. The van der Waals surface area contributed by atoms with E-state index >= 15 is 0 Å². The molecule has 2 bridgehead atoms. The number of rotatable bonds is 3. The van der Waals surface area contributed by atoms with Gasteiger partial charge in [0.1, 0.15) is 0 Å². The van der Waals surface area contributed by atoms with E-state index in [0.29, 0.717) is 4.83 Å². The molecule has 1 heteroatoms. The third-order valence-corrected chi connectivity index (χ3v) is 5.74. The molecule has 0 N–H and O–H groups in total. The number of alkyl halides is 1. The van der Waals surface area contributed by atoms with Crippen molar-refractivity contribution in [2.24, 2.45) is 17.8 Å². The van der Waals surface area contributed by atoms with Crippen molar-refractivity contribution in [1.82, 2.24) is 0 Å². The van der Waals surface area contributed by atoms with E-state index in [1.54, 1.807) is 0 Å². The number of hydrogen-bond donors (Lipinski definition) is 0. The third kappa shape index (κ3) is 2.45. The molecule has 2 fully saturated rings. The molecule has 2 saturated carbocycles. The van der Waals surface area contributed by atoms with Crippen LogP contribution in [0.2, 0.25) is 0 Å². The van der Waals surface area contributed by atoms with Crippen molar-refractivity contribution in [2.45, 2.75) is 43.9 Å².